The van der Waals surface area contributed by atoms with Gasteiger partial charge in [0.1, 0.15) is 0 Å². The molecule has 0 heterocycles. The van der Waals surface area contributed by atoms with Gasteiger partial charge >= 0.3 is 0 Å². The second-order valence-electron chi connectivity index (χ2n) is 6.01. The van der Waals surface area contributed by atoms with E-state index in [0.717, 1.165) is 24.2 Å². The maximum absolute atomic E-state index is 9.30. The Morgan fingerprint density at radius 3 is 2.72 bits per heavy atom. The third-order valence-electron chi connectivity index (χ3n) is 4.20. The van der Waals surface area contributed by atoms with Crippen molar-refractivity contribution in [3.8, 4) is 0 Å². The first-order valence-electron chi connectivity index (χ1n) is 7.30. The first kappa shape index (κ1) is 15.4. The Balaban J connectivity index is 2.31. The average molecular weight is 251 g/mol. The topological polar surface area (TPSA) is 32.6 Å². The monoisotopic (exact) mass is 251 g/mol. The van der Waals surface area contributed by atoms with Crippen LogP contribution in [0.3, 0.4) is 0 Å². The molecule has 104 valence electrons. The number of aliphatic hydroxyl groups is 1. The summed E-state index contributed by atoms with van der Waals surface area (Å²) in [6, 6.07) is 0. The van der Waals surface area contributed by atoms with Crippen molar-refractivity contribution in [2.24, 2.45) is 22.7 Å². The molecule has 0 aromatic rings. The van der Waals surface area contributed by atoms with Crippen LogP contribution in [-0.4, -0.2) is 24.5 Å². The Kier molecular flexibility index (Phi) is 6.62. The van der Waals surface area contributed by atoms with Gasteiger partial charge in [0.2, 0.25) is 0 Å². The molecule has 4 atom stereocenters. The quantitative estimate of drug-likeness (QED) is 0.564. The highest BCUT2D eigenvalue weighted by Crippen LogP contribution is 2.37. The molecule has 2 nitrogen and oxygen atoms in total. The lowest BCUT2D eigenvalue weighted by molar-refractivity contribution is 0.242. The summed E-state index contributed by atoms with van der Waals surface area (Å²) < 4.78 is 0. The van der Waals surface area contributed by atoms with Crippen molar-refractivity contribution in [1.29, 1.82) is 0 Å². The normalized spacial score (nSPS) is 28.8. The van der Waals surface area contributed by atoms with E-state index in [1.165, 1.54) is 31.3 Å². The molecule has 1 fully saturated rings. The maximum atomic E-state index is 9.30. The zero-order valence-electron chi connectivity index (χ0n) is 12.4. The van der Waals surface area contributed by atoms with Crippen LogP contribution < -0.4 is 0 Å². The molecular formula is C16H29NO. The van der Waals surface area contributed by atoms with E-state index in [1.807, 2.05) is 20.0 Å². The third-order valence-corrected chi connectivity index (χ3v) is 4.20. The van der Waals surface area contributed by atoms with Gasteiger partial charge in [-0.3, -0.25) is 0 Å². The van der Waals surface area contributed by atoms with Crippen LogP contribution in [0.25, 0.3) is 0 Å². The number of nitrogens with zero attached hydrogens (tertiary/aromatic N) is 1. The molecule has 0 aliphatic heterocycles. The highest BCUT2D eigenvalue weighted by molar-refractivity contribution is 5.60. The lowest BCUT2D eigenvalue weighted by Gasteiger charge is -2.19. The first-order valence-corrected chi connectivity index (χ1v) is 7.30. The molecule has 1 aliphatic carbocycles. The molecule has 1 rings (SSSR count). The molecule has 3 unspecified atom stereocenters. The van der Waals surface area contributed by atoms with E-state index in [-0.39, 0.29) is 6.10 Å². The van der Waals surface area contributed by atoms with Gasteiger partial charge in [-0.2, -0.15) is 0 Å². The number of aliphatic hydroxyl groups excluding tert-OH is 1. The second-order valence-corrected chi connectivity index (χ2v) is 6.01. The maximum Gasteiger partial charge on any atom is 0.0695 e. The lowest BCUT2D eigenvalue weighted by Crippen LogP contribution is -2.09. The minimum absolute atomic E-state index is 0.308. The summed E-state index contributed by atoms with van der Waals surface area (Å²) in [6.45, 7) is 6.32. The molecular weight excluding hydrogens is 222 g/mol. The fourth-order valence-electron chi connectivity index (χ4n) is 3.10. The Hall–Kier alpha value is -0.630. The molecule has 2 heteroatoms. The van der Waals surface area contributed by atoms with Crippen LogP contribution in [0.5, 0.6) is 0 Å². The van der Waals surface area contributed by atoms with Crippen molar-refractivity contribution in [3.63, 3.8) is 0 Å². The van der Waals surface area contributed by atoms with Crippen LogP contribution >= 0.6 is 0 Å². The van der Waals surface area contributed by atoms with Gasteiger partial charge in [0.05, 0.1) is 6.10 Å². The summed E-state index contributed by atoms with van der Waals surface area (Å²) in [4.78, 5) is 4.16. The van der Waals surface area contributed by atoms with Crippen molar-refractivity contribution >= 4 is 6.21 Å². The number of hydrogen-bond acceptors (Lipinski definition) is 2. The van der Waals surface area contributed by atoms with Gasteiger partial charge in [-0.1, -0.05) is 18.6 Å². The summed E-state index contributed by atoms with van der Waals surface area (Å²) >= 11 is 0. The zero-order chi connectivity index (χ0) is 13.5. The van der Waals surface area contributed by atoms with Crippen molar-refractivity contribution in [1.82, 2.24) is 0 Å². The van der Waals surface area contributed by atoms with E-state index < -0.39 is 0 Å². The van der Waals surface area contributed by atoms with Crippen LogP contribution in [0, 0.1) is 17.8 Å². The van der Waals surface area contributed by atoms with E-state index in [4.69, 9.17) is 0 Å². The van der Waals surface area contributed by atoms with Crippen LogP contribution in [0.1, 0.15) is 52.9 Å². The molecule has 0 radical (unpaired) electrons. The van der Waals surface area contributed by atoms with Gasteiger partial charge < -0.3 is 10.1 Å². The van der Waals surface area contributed by atoms with Crippen molar-refractivity contribution in [2.75, 3.05) is 7.05 Å². The van der Waals surface area contributed by atoms with Crippen LogP contribution in [0.15, 0.2) is 16.6 Å². The van der Waals surface area contributed by atoms with E-state index in [2.05, 4.69) is 25.1 Å². The summed E-state index contributed by atoms with van der Waals surface area (Å²) in [7, 11) is 1.88. The van der Waals surface area contributed by atoms with Gasteiger partial charge in [-0.05, 0) is 63.7 Å². The summed E-state index contributed by atoms with van der Waals surface area (Å²) in [6.07, 6.45) is 10.1. The van der Waals surface area contributed by atoms with Crippen LogP contribution in [0.2, 0.25) is 0 Å². The molecule has 1 saturated carbocycles. The molecule has 0 bridgehead atoms. The number of aliphatic imine (C=N–C) groups is 1. The zero-order valence-corrected chi connectivity index (χ0v) is 12.4. The SMILES string of the molecule is CN=C[C@H]1CCC(C(C)CC/C(C)=C/C(C)O)C1. The van der Waals surface area contributed by atoms with Gasteiger partial charge in [0.25, 0.3) is 0 Å². The molecule has 18 heavy (non-hydrogen) atoms. The molecule has 0 aromatic heterocycles. The highest BCUT2D eigenvalue weighted by atomic mass is 16.3. The molecule has 1 aliphatic rings. The predicted octanol–water partition coefficient (Wildman–Crippen LogP) is 3.85. The Bertz CT molecular complexity index is 293. The van der Waals surface area contributed by atoms with Crippen LogP contribution in [-0.2, 0) is 0 Å². The Morgan fingerprint density at radius 1 is 1.39 bits per heavy atom. The van der Waals surface area contributed by atoms with E-state index in [9.17, 15) is 5.11 Å². The van der Waals surface area contributed by atoms with Crippen LogP contribution in [0.4, 0.5) is 0 Å². The van der Waals surface area contributed by atoms with Crippen molar-refractivity contribution in [2.45, 2.75) is 59.0 Å². The molecule has 1 N–H and O–H groups in total. The minimum Gasteiger partial charge on any atom is -0.389 e. The largest absolute Gasteiger partial charge is 0.389 e. The number of rotatable bonds is 6. The predicted molar refractivity (Wildman–Crippen MR) is 79.1 cm³/mol. The third kappa shape index (κ3) is 5.34. The van der Waals surface area contributed by atoms with E-state index in [0.29, 0.717) is 0 Å². The average Bonchev–Trinajstić information content (AvgIpc) is 2.74. The lowest BCUT2D eigenvalue weighted by atomic mass is 9.87. The first-order chi connectivity index (χ1) is 8.52. The second kappa shape index (κ2) is 7.73. The molecule has 0 aromatic carbocycles. The number of hydrogen-bond donors (Lipinski definition) is 1. The molecule has 0 spiro atoms. The van der Waals surface area contributed by atoms with Crippen molar-refractivity contribution in [3.05, 3.63) is 11.6 Å². The van der Waals surface area contributed by atoms with E-state index >= 15 is 0 Å². The highest BCUT2D eigenvalue weighted by Gasteiger charge is 2.27. The fraction of sp³-hybridized carbons (Fsp3) is 0.812. The van der Waals surface area contributed by atoms with Gasteiger partial charge in [-0.15, -0.1) is 0 Å². The summed E-state index contributed by atoms with van der Waals surface area (Å²) in [5.41, 5.74) is 1.32. The Morgan fingerprint density at radius 2 is 2.11 bits per heavy atom. The standard InChI is InChI=1S/C16H29NO/c1-12(9-14(3)18)5-6-13(2)16-8-7-15(10-16)11-17-4/h9,11,13-16,18H,5-8,10H2,1-4H3/b12-9+,17-11?/t13?,14?,15-,16?/m0/s1. The minimum atomic E-state index is -0.308. The van der Waals surface area contributed by atoms with E-state index in [1.54, 1.807) is 0 Å². The molecule has 0 saturated heterocycles. The molecule has 0 amide bonds. The summed E-state index contributed by atoms with van der Waals surface area (Å²) in [5.74, 6) is 2.38. The fourth-order valence-corrected chi connectivity index (χ4v) is 3.10. The number of allylic oxidation sites excluding steroid dienone is 1. The van der Waals surface area contributed by atoms with Gasteiger partial charge in [0, 0.05) is 13.3 Å². The smallest absolute Gasteiger partial charge is 0.0695 e. The summed E-state index contributed by atoms with van der Waals surface area (Å²) in [5, 5.41) is 9.30. The van der Waals surface area contributed by atoms with Gasteiger partial charge in [-0.25, -0.2) is 0 Å². The van der Waals surface area contributed by atoms with Crippen molar-refractivity contribution < 1.29 is 5.11 Å². The van der Waals surface area contributed by atoms with Gasteiger partial charge in [0.15, 0.2) is 0 Å². The Labute approximate surface area is 112 Å².